The number of imidazole rings is 1. The zero-order valence-electron chi connectivity index (χ0n) is 14.3. The summed E-state index contributed by atoms with van der Waals surface area (Å²) < 4.78 is 2.64. The van der Waals surface area contributed by atoms with E-state index < -0.39 is 0 Å². The summed E-state index contributed by atoms with van der Waals surface area (Å²) in [7, 11) is 0. The van der Waals surface area contributed by atoms with Crippen LogP contribution >= 0.6 is 15.9 Å². The predicted molar refractivity (Wildman–Crippen MR) is 103 cm³/mol. The van der Waals surface area contributed by atoms with E-state index in [1.54, 1.807) is 11.0 Å². The van der Waals surface area contributed by atoms with Crippen molar-refractivity contribution < 1.29 is 4.79 Å². The molecule has 1 amide bonds. The fourth-order valence-electron chi connectivity index (χ4n) is 3.62. The van der Waals surface area contributed by atoms with E-state index in [2.05, 4.69) is 46.3 Å². The first-order chi connectivity index (χ1) is 13.1. The molecular weight excluding hydrogens is 410 g/mol. The van der Waals surface area contributed by atoms with Gasteiger partial charge in [0.1, 0.15) is 17.7 Å². The van der Waals surface area contributed by atoms with Gasteiger partial charge in [-0.15, -0.1) is 0 Å². The van der Waals surface area contributed by atoms with E-state index in [1.165, 1.54) is 6.33 Å². The minimum absolute atomic E-state index is 0.0523. The van der Waals surface area contributed by atoms with Crippen LogP contribution in [0.15, 0.2) is 41.4 Å². The molecule has 0 fully saturated rings. The molecule has 0 spiro atoms. The first-order valence-electron chi connectivity index (χ1n) is 8.41. The van der Waals surface area contributed by atoms with Gasteiger partial charge in [0.15, 0.2) is 11.5 Å². The van der Waals surface area contributed by atoms with Crippen LogP contribution in [0.25, 0.3) is 17.0 Å². The van der Waals surface area contributed by atoms with Crippen LogP contribution in [-0.4, -0.2) is 35.6 Å². The van der Waals surface area contributed by atoms with Gasteiger partial charge in [0.2, 0.25) is 5.91 Å². The highest BCUT2D eigenvalue weighted by atomic mass is 79.9. The maximum atomic E-state index is 12.5. The molecule has 0 saturated heterocycles. The molecular formula is C18H14BrN7O. The summed E-state index contributed by atoms with van der Waals surface area (Å²) in [5, 5.41) is 7.65. The molecule has 1 aliphatic heterocycles. The maximum absolute atomic E-state index is 12.5. The molecule has 9 heteroatoms. The monoisotopic (exact) mass is 423 g/mol. The van der Waals surface area contributed by atoms with Gasteiger partial charge in [-0.3, -0.25) is 4.79 Å². The van der Waals surface area contributed by atoms with E-state index in [-0.39, 0.29) is 11.8 Å². The number of halogens is 1. The van der Waals surface area contributed by atoms with E-state index >= 15 is 0 Å². The van der Waals surface area contributed by atoms with Gasteiger partial charge in [-0.1, -0.05) is 28.1 Å². The van der Waals surface area contributed by atoms with Crippen molar-refractivity contribution in [2.75, 3.05) is 5.32 Å². The fourth-order valence-corrected chi connectivity index (χ4v) is 4.04. The van der Waals surface area contributed by atoms with Crippen LogP contribution in [0.3, 0.4) is 0 Å². The first-order valence-corrected chi connectivity index (χ1v) is 9.20. The molecule has 1 aromatic carbocycles. The molecule has 4 aromatic rings. The van der Waals surface area contributed by atoms with Gasteiger partial charge >= 0.3 is 0 Å². The molecule has 0 saturated carbocycles. The maximum Gasteiger partial charge on any atom is 0.226 e. The number of rotatable bonds is 2. The van der Waals surface area contributed by atoms with Gasteiger partial charge in [0.25, 0.3) is 0 Å². The number of aromatic nitrogens is 6. The molecule has 5 rings (SSSR count). The molecule has 1 atom stereocenters. The van der Waals surface area contributed by atoms with Gasteiger partial charge in [-0.2, -0.15) is 9.78 Å². The first kappa shape index (κ1) is 16.1. The summed E-state index contributed by atoms with van der Waals surface area (Å²) in [4.78, 5) is 28.2. The molecule has 0 aliphatic carbocycles. The van der Waals surface area contributed by atoms with Gasteiger partial charge in [0.05, 0.1) is 12.0 Å². The average Bonchev–Trinajstić information content (AvgIpc) is 3.25. The number of aryl methyl sites for hydroxylation is 1. The van der Waals surface area contributed by atoms with Gasteiger partial charge < -0.3 is 10.3 Å². The number of nitrogens with one attached hydrogen (secondary N) is 2. The molecule has 0 radical (unpaired) electrons. The third kappa shape index (κ3) is 2.54. The van der Waals surface area contributed by atoms with Crippen molar-refractivity contribution in [2.45, 2.75) is 19.3 Å². The van der Waals surface area contributed by atoms with Crippen LogP contribution in [0.2, 0.25) is 0 Å². The van der Waals surface area contributed by atoms with Crippen molar-refractivity contribution in [1.29, 1.82) is 0 Å². The Balaban J connectivity index is 1.73. The number of benzene rings is 1. The molecule has 2 N–H and O–H groups in total. The number of aromatic amines is 1. The van der Waals surface area contributed by atoms with E-state index in [0.29, 0.717) is 29.2 Å². The Morgan fingerprint density at radius 2 is 2.15 bits per heavy atom. The number of hydrogen-bond acceptors (Lipinski definition) is 5. The summed E-state index contributed by atoms with van der Waals surface area (Å²) >= 11 is 3.52. The zero-order valence-corrected chi connectivity index (χ0v) is 15.9. The minimum atomic E-state index is -0.0703. The van der Waals surface area contributed by atoms with Crippen molar-refractivity contribution >= 4 is 38.8 Å². The van der Waals surface area contributed by atoms with Crippen LogP contribution in [-0.2, 0) is 4.79 Å². The molecule has 1 aliphatic rings. The lowest BCUT2D eigenvalue weighted by Gasteiger charge is -2.24. The summed E-state index contributed by atoms with van der Waals surface area (Å²) in [6.45, 7) is 1.95. The second kappa shape index (κ2) is 5.98. The van der Waals surface area contributed by atoms with E-state index in [4.69, 9.17) is 0 Å². The van der Waals surface area contributed by atoms with Gasteiger partial charge in [-0.25, -0.2) is 15.0 Å². The van der Waals surface area contributed by atoms with Crippen molar-refractivity contribution in [3.05, 3.63) is 58.2 Å². The summed E-state index contributed by atoms with van der Waals surface area (Å²) in [5.41, 5.74) is 4.13. The number of carbonyl (C=O) groups excluding carboxylic acids is 1. The Labute approximate surface area is 162 Å². The van der Waals surface area contributed by atoms with Crippen molar-refractivity contribution in [2.24, 2.45) is 0 Å². The van der Waals surface area contributed by atoms with Gasteiger partial charge in [0, 0.05) is 22.4 Å². The largest absolute Gasteiger partial charge is 0.340 e. The zero-order chi connectivity index (χ0) is 18.5. The van der Waals surface area contributed by atoms with E-state index in [1.807, 2.05) is 31.2 Å². The molecule has 1 unspecified atom stereocenters. The summed E-state index contributed by atoms with van der Waals surface area (Å²) in [6, 6.07) is 8.03. The van der Waals surface area contributed by atoms with Crippen LogP contribution in [0.5, 0.6) is 0 Å². The molecule has 0 bridgehead atoms. The predicted octanol–water partition coefficient (Wildman–Crippen LogP) is 3.08. The number of hydrogen-bond donors (Lipinski definition) is 2. The lowest BCUT2D eigenvalue weighted by Crippen LogP contribution is -2.25. The smallest absolute Gasteiger partial charge is 0.226 e. The second-order valence-electron chi connectivity index (χ2n) is 6.42. The average molecular weight is 424 g/mol. The van der Waals surface area contributed by atoms with Crippen LogP contribution in [0.4, 0.5) is 5.82 Å². The number of amides is 1. The molecule has 27 heavy (non-hydrogen) atoms. The third-order valence-corrected chi connectivity index (χ3v) is 5.25. The number of anilines is 1. The number of carbonyl (C=O) groups is 1. The van der Waals surface area contributed by atoms with Crippen molar-refractivity contribution in [1.82, 2.24) is 29.7 Å². The highest BCUT2D eigenvalue weighted by Gasteiger charge is 2.33. The van der Waals surface area contributed by atoms with E-state index in [9.17, 15) is 4.79 Å². The fraction of sp³-hybridized carbons (Fsp3) is 0.167. The summed E-state index contributed by atoms with van der Waals surface area (Å²) in [6.07, 6.45) is 3.38. The number of nitrogens with zero attached hydrogens (tertiary/aromatic N) is 5. The SMILES string of the molecule is Cc1nn(-c2ncnc3nc[nH]c23)c2c1C(c1cccc(Br)c1)CC(=O)N2. The topological polar surface area (TPSA) is 101 Å². The Bertz CT molecular complexity index is 1200. The normalized spacial score (nSPS) is 16.4. The van der Waals surface area contributed by atoms with Crippen LogP contribution in [0, 0.1) is 6.92 Å². The Hall–Kier alpha value is -3.07. The Morgan fingerprint density at radius 1 is 1.26 bits per heavy atom. The summed E-state index contributed by atoms with van der Waals surface area (Å²) in [5.74, 6) is 1.07. The molecule has 8 nitrogen and oxygen atoms in total. The lowest BCUT2D eigenvalue weighted by molar-refractivity contribution is -0.116. The number of H-pyrrole nitrogens is 1. The van der Waals surface area contributed by atoms with Crippen LogP contribution in [0.1, 0.15) is 29.2 Å². The van der Waals surface area contributed by atoms with Crippen molar-refractivity contribution in [3.8, 4) is 5.82 Å². The Morgan fingerprint density at radius 3 is 3.00 bits per heavy atom. The highest BCUT2D eigenvalue weighted by molar-refractivity contribution is 9.10. The lowest BCUT2D eigenvalue weighted by atomic mass is 9.86. The highest BCUT2D eigenvalue weighted by Crippen LogP contribution is 2.40. The molecule has 3 aromatic heterocycles. The second-order valence-corrected chi connectivity index (χ2v) is 7.33. The molecule has 4 heterocycles. The quantitative estimate of drug-likeness (QED) is 0.515. The molecule has 134 valence electrons. The van der Waals surface area contributed by atoms with E-state index in [0.717, 1.165) is 21.3 Å². The number of fused-ring (bicyclic) bond motifs is 2. The standard InChI is InChI=1S/C18H14BrN7O/c1-9-14-12(10-3-2-4-11(19)5-10)6-13(27)24-17(14)26(25-9)18-15-16(21-7-20-15)22-8-23-18/h2-5,7-8,12H,6H2,1H3,(H,24,27)(H,20,21,22,23). The van der Waals surface area contributed by atoms with Crippen LogP contribution < -0.4 is 5.32 Å². The van der Waals surface area contributed by atoms with Gasteiger partial charge in [-0.05, 0) is 24.6 Å². The minimum Gasteiger partial charge on any atom is -0.340 e. The Kier molecular flexibility index (Phi) is 3.57. The van der Waals surface area contributed by atoms with Crippen molar-refractivity contribution in [3.63, 3.8) is 0 Å². The third-order valence-electron chi connectivity index (χ3n) is 4.76.